The molecule has 3 aromatic rings. The zero-order chi connectivity index (χ0) is 25.3. The minimum absolute atomic E-state index is 0.0284. The predicted octanol–water partition coefficient (Wildman–Crippen LogP) is 7.84. The Bertz CT molecular complexity index is 1320. The second-order valence-corrected chi connectivity index (χ2v) is 7.53. The third kappa shape index (κ3) is 5.73. The van der Waals surface area contributed by atoms with Crippen molar-refractivity contribution in [3.63, 3.8) is 0 Å². The molecule has 0 atom stereocenters. The molecule has 1 amide bonds. The molecular formula is C22H10Cl2F6N2O2. The molecule has 0 saturated heterocycles. The summed E-state index contributed by atoms with van der Waals surface area (Å²) < 4.78 is 83.3. The molecule has 0 spiro atoms. The molecule has 0 bridgehead atoms. The van der Waals surface area contributed by atoms with Gasteiger partial charge in [0.1, 0.15) is 23.2 Å². The average molecular weight is 519 g/mol. The number of carbonyl (C=O) groups excluding carboxylic acids is 1. The lowest BCUT2D eigenvalue weighted by Gasteiger charge is -2.11. The Kier molecular flexibility index (Phi) is 7.00. The van der Waals surface area contributed by atoms with Crippen LogP contribution in [0.1, 0.15) is 16.9 Å². The summed E-state index contributed by atoms with van der Waals surface area (Å²) in [4.78, 5) is 12.4. The van der Waals surface area contributed by atoms with Crippen molar-refractivity contribution in [1.82, 2.24) is 0 Å². The number of nitriles is 1. The van der Waals surface area contributed by atoms with Crippen LogP contribution in [-0.4, -0.2) is 5.91 Å². The van der Waals surface area contributed by atoms with Gasteiger partial charge in [0.2, 0.25) is 0 Å². The molecule has 2 aromatic carbocycles. The standard InChI is InChI=1S/C22H10Cl2F6N2O2/c23-17-4-1-12(21(25,26)27)8-15(17)19-6-3-14(34-19)7-11(10-31)20(33)32-13-2-5-18(24)16(9-13)22(28,29)30/h1-9H,(H,32,33). The number of halogens is 8. The van der Waals surface area contributed by atoms with E-state index in [9.17, 15) is 36.4 Å². The van der Waals surface area contributed by atoms with Crippen molar-refractivity contribution in [1.29, 1.82) is 5.26 Å². The molecular weight excluding hydrogens is 509 g/mol. The van der Waals surface area contributed by atoms with E-state index in [2.05, 4.69) is 5.32 Å². The molecule has 1 heterocycles. The molecule has 0 fully saturated rings. The van der Waals surface area contributed by atoms with Crippen LogP contribution in [0.3, 0.4) is 0 Å². The fourth-order valence-electron chi connectivity index (χ4n) is 2.78. The van der Waals surface area contributed by atoms with E-state index in [0.717, 1.165) is 36.4 Å². The molecule has 0 aliphatic rings. The van der Waals surface area contributed by atoms with E-state index < -0.39 is 40.0 Å². The topological polar surface area (TPSA) is 66.0 Å². The summed E-state index contributed by atoms with van der Waals surface area (Å²) in [5, 5.41) is 10.8. The van der Waals surface area contributed by atoms with E-state index in [1.165, 1.54) is 12.1 Å². The third-order valence-electron chi connectivity index (χ3n) is 4.37. The highest BCUT2D eigenvalue weighted by Crippen LogP contribution is 2.37. The lowest BCUT2D eigenvalue weighted by atomic mass is 10.1. The zero-order valence-electron chi connectivity index (χ0n) is 16.5. The Balaban J connectivity index is 1.87. The van der Waals surface area contributed by atoms with Gasteiger partial charge < -0.3 is 9.73 Å². The van der Waals surface area contributed by atoms with Crippen LogP contribution in [0.15, 0.2) is 58.5 Å². The Hall–Kier alpha value is -3.42. The van der Waals surface area contributed by atoms with Crippen molar-refractivity contribution in [3.8, 4) is 17.4 Å². The predicted molar refractivity (Wildman–Crippen MR) is 113 cm³/mol. The average Bonchev–Trinajstić information content (AvgIpc) is 3.20. The van der Waals surface area contributed by atoms with Crippen molar-refractivity contribution in [2.75, 3.05) is 5.32 Å². The van der Waals surface area contributed by atoms with E-state index in [4.69, 9.17) is 27.6 Å². The Morgan fingerprint density at radius 3 is 2.24 bits per heavy atom. The van der Waals surface area contributed by atoms with Gasteiger partial charge in [0.25, 0.3) is 5.91 Å². The summed E-state index contributed by atoms with van der Waals surface area (Å²) >= 11 is 11.5. The fraction of sp³-hybridized carbons (Fsp3) is 0.0909. The summed E-state index contributed by atoms with van der Waals surface area (Å²) in [6.45, 7) is 0. The monoisotopic (exact) mass is 518 g/mol. The van der Waals surface area contributed by atoms with Crippen LogP contribution >= 0.6 is 23.2 Å². The van der Waals surface area contributed by atoms with Crippen molar-refractivity contribution < 1.29 is 35.6 Å². The number of rotatable bonds is 4. The highest BCUT2D eigenvalue weighted by molar-refractivity contribution is 6.33. The molecule has 1 N–H and O–H groups in total. The number of hydrogen-bond acceptors (Lipinski definition) is 3. The van der Waals surface area contributed by atoms with Gasteiger partial charge >= 0.3 is 12.4 Å². The number of furan rings is 1. The van der Waals surface area contributed by atoms with Gasteiger partial charge in [-0.05, 0) is 48.5 Å². The Morgan fingerprint density at radius 2 is 1.62 bits per heavy atom. The molecule has 0 aliphatic carbocycles. The SMILES string of the molecule is N#CC(=Cc1ccc(-c2cc(C(F)(F)F)ccc2Cl)o1)C(=O)Nc1ccc(Cl)c(C(F)(F)F)c1. The maximum atomic E-state index is 13.0. The number of alkyl halides is 6. The van der Waals surface area contributed by atoms with Crippen LogP contribution in [-0.2, 0) is 17.1 Å². The van der Waals surface area contributed by atoms with Gasteiger partial charge in [-0.3, -0.25) is 4.79 Å². The van der Waals surface area contributed by atoms with Crippen molar-refractivity contribution in [3.05, 3.63) is 81.0 Å². The first kappa shape index (κ1) is 25.2. The maximum absolute atomic E-state index is 13.0. The lowest BCUT2D eigenvalue weighted by molar-refractivity contribution is -0.138. The number of carbonyl (C=O) groups is 1. The van der Waals surface area contributed by atoms with Gasteiger partial charge in [0.05, 0.1) is 21.2 Å². The summed E-state index contributed by atoms with van der Waals surface area (Å²) in [5.74, 6) is -1.19. The van der Waals surface area contributed by atoms with Crippen LogP contribution < -0.4 is 5.32 Å². The second-order valence-electron chi connectivity index (χ2n) is 6.71. The molecule has 0 radical (unpaired) electrons. The molecule has 0 unspecified atom stereocenters. The van der Waals surface area contributed by atoms with E-state index in [-0.39, 0.29) is 27.8 Å². The number of hydrogen-bond donors (Lipinski definition) is 1. The van der Waals surface area contributed by atoms with Crippen molar-refractivity contribution in [2.24, 2.45) is 0 Å². The number of nitrogens with one attached hydrogen (secondary N) is 1. The maximum Gasteiger partial charge on any atom is 0.417 e. The minimum atomic E-state index is -4.76. The van der Waals surface area contributed by atoms with E-state index >= 15 is 0 Å². The lowest BCUT2D eigenvalue weighted by Crippen LogP contribution is -2.14. The van der Waals surface area contributed by atoms with Gasteiger partial charge in [-0.15, -0.1) is 0 Å². The molecule has 34 heavy (non-hydrogen) atoms. The van der Waals surface area contributed by atoms with Crippen LogP contribution in [0.25, 0.3) is 17.4 Å². The summed E-state index contributed by atoms with van der Waals surface area (Å²) in [7, 11) is 0. The normalized spacial score (nSPS) is 12.4. The first-order valence-electron chi connectivity index (χ1n) is 9.06. The van der Waals surface area contributed by atoms with Crippen LogP contribution in [0.5, 0.6) is 0 Å². The first-order chi connectivity index (χ1) is 15.8. The number of anilines is 1. The second kappa shape index (κ2) is 9.44. The summed E-state index contributed by atoms with van der Waals surface area (Å²) in [5.41, 5.74) is -3.01. The highest BCUT2D eigenvalue weighted by Gasteiger charge is 2.34. The fourth-order valence-corrected chi connectivity index (χ4v) is 3.21. The summed E-state index contributed by atoms with van der Waals surface area (Å²) in [6, 6.07) is 9.44. The largest absolute Gasteiger partial charge is 0.457 e. The smallest absolute Gasteiger partial charge is 0.417 e. The molecule has 176 valence electrons. The van der Waals surface area contributed by atoms with Crippen LogP contribution in [0.4, 0.5) is 32.0 Å². The Morgan fingerprint density at radius 1 is 0.941 bits per heavy atom. The molecule has 0 saturated carbocycles. The van der Waals surface area contributed by atoms with Gasteiger partial charge in [-0.2, -0.15) is 31.6 Å². The van der Waals surface area contributed by atoms with Crippen LogP contribution in [0.2, 0.25) is 10.0 Å². The quantitative estimate of drug-likeness (QED) is 0.217. The molecule has 0 aliphatic heterocycles. The van der Waals surface area contributed by atoms with Gasteiger partial charge in [0.15, 0.2) is 0 Å². The highest BCUT2D eigenvalue weighted by atomic mass is 35.5. The summed E-state index contributed by atoms with van der Waals surface area (Å²) in [6.07, 6.45) is -8.41. The van der Waals surface area contributed by atoms with E-state index in [0.29, 0.717) is 6.07 Å². The van der Waals surface area contributed by atoms with Crippen LogP contribution in [0, 0.1) is 11.3 Å². The Labute approximate surface area is 198 Å². The first-order valence-corrected chi connectivity index (χ1v) is 9.82. The zero-order valence-corrected chi connectivity index (χ0v) is 18.0. The third-order valence-corrected chi connectivity index (χ3v) is 5.03. The van der Waals surface area contributed by atoms with Crippen molar-refractivity contribution in [2.45, 2.75) is 12.4 Å². The van der Waals surface area contributed by atoms with Gasteiger partial charge in [0, 0.05) is 17.3 Å². The number of amides is 1. The van der Waals surface area contributed by atoms with Crippen molar-refractivity contribution >= 4 is 40.9 Å². The number of benzene rings is 2. The minimum Gasteiger partial charge on any atom is -0.457 e. The molecule has 1 aromatic heterocycles. The van der Waals surface area contributed by atoms with Gasteiger partial charge in [-0.1, -0.05) is 23.2 Å². The van der Waals surface area contributed by atoms with E-state index in [1.807, 2.05) is 0 Å². The van der Waals surface area contributed by atoms with Gasteiger partial charge in [-0.25, -0.2) is 0 Å². The van der Waals surface area contributed by atoms with E-state index in [1.54, 1.807) is 6.07 Å². The molecule has 3 rings (SSSR count). The number of nitrogens with zero attached hydrogens (tertiary/aromatic N) is 1. The molecule has 4 nitrogen and oxygen atoms in total. The molecule has 12 heteroatoms.